The first-order valence-corrected chi connectivity index (χ1v) is 12.5. The molecule has 2 aliphatic heterocycles. The number of furan rings is 1. The fourth-order valence-electron chi connectivity index (χ4n) is 3.36. The summed E-state index contributed by atoms with van der Waals surface area (Å²) in [5.41, 5.74) is -2.15. The van der Waals surface area contributed by atoms with Crippen molar-refractivity contribution < 1.29 is 47.9 Å². The van der Waals surface area contributed by atoms with Gasteiger partial charge in [0.1, 0.15) is 23.7 Å². The molecule has 210 valence electrons. The molecular weight excluding hydrogens is 538 g/mol. The molecule has 1 fully saturated rings. The molecule has 5 amide bonds. The number of carboxylic acid groups (broad SMARTS) is 1. The van der Waals surface area contributed by atoms with Gasteiger partial charge in [0.05, 0.1) is 6.26 Å². The highest BCUT2D eigenvalue weighted by atomic mass is 32.2. The van der Waals surface area contributed by atoms with Crippen molar-refractivity contribution >= 4 is 53.2 Å². The molecule has 1 aromatic rings. The van der Waals surface area contributed by atoms with Gasteiger partial charge in [-0.1, -0.05) is 5.16 Å². The summed E-state index contributed by atoms with van der Waals surface area (Å²) in [5, 5.41) is 17.4. The smallest absolute Gasteiger partial charge is 0.352 e. The molecule has 0 aliphatic carbocycles. The molecular formula is C23H27N5O10S. The van der Waals surface area contributed by atoms with Crippen LogP contribution in [0.2, 0.25) is 0 Å². The molecule has 0 spiro atoms. The first-order chi connectivity index (χ1) is 18.2. The first-order valence-electron chi connectivity index (χ1n) is 11.4. The Morgan fingerprint density at radius 1 is 1.28 bits per heavy atom. The molecule has 3 heterocycles. The molecule has 16 heteroatoms. The Morgan fingerprint density at radius 3 is 2.54 bits per heavy atom. The molecule has 3 N–H and O–H groups in total. The van der Waals surface area contributed by atoms with E-state index in [1.165, 1.54) is 65.0 Å². The zero-order valence-electron chi connectivity index (χ0n) is 21.7. The number of esters is 1. The van der Waals surface area contributed by atoms with E-state index >= 15 is 0 Å². The summed E-state index contributed by atoms with van der Waals surface area (Å²) in [7, 11) is 2.88. The second-order valence-electron chi connectivity index (χ2n) is 9.07. The van der Waals surface area contributed by atoms with Crippen molar-refractivity contribution in [3.63, 3.8) is 0 Å². The quantitative estimate of drug-likeness (QED) is 0.156. The summed E-state index contributed by atoms with van der Waals surface area (Å²) >= 11 is 1.18. The molecule has 1 aromatic heterocycles. The SMILES string of the molecule is CC(=O)OCC1=C(C(=O)O)N2C(=O)[C@@H](NC(=O)/C(=N/OC(C)(C)C(=O)NC(=O)N(C)C)c3ccco3)[C@H]2SC1. The van der Waals surface area contributed by atoms with Crippen molar-refractivity contribution in [3.05, 3.63) is 35.4 Å². The molecule has 3 rings (SSSR count). The van der Waals surface area contributed by atoms with Crippen molar-refractivity contribution in [2.75, 3.05) is 26.5 Å². The number of hydrogen-bond acceptors (Lipinski definition) is 11. The molecule has 0 saturated carbocycles. The Hall–Kier alpha value is -4.34. The Labute approximate surface area is 226 Å². The third-order valence-corrected chi connectivity index (χ3v) is 6.83. The van der Waals surface area contributed by atoms with E-state index in [1.54, 1.807) is 0 Å². The van der Waals surface area contributed by atoms with Crippen molar-refractivity contribution in [2.24, 2.45) is 5.16 Å². The Bertz CT molecular complexity index is 1250. The largest absolute Gasteiger partial charge is 0.477 e. The van der Waals surface area contributed by atoms with Crippen LogP contribution in [0.5, 0.6) is 0 Å². The average Bonchev–Trinajstić information content (AvgIpc) is 3.39. The number of carbonyl (C=O) groups is 6. The standard InChI is InChI=1S/C23H27N5O10S/c1-11(29)37-9-12-10-39-19-15(18(31)28(19)16(12)20(32)33)24-17(30)14(13-7-6-8-36-13)26-38-23(2,3)21(34)25-22(35)27(4)5/h6-8,15,19H,9-10H2,1-5H3,(H,24,30)(H,32,33)(H,25,34,35)/b26-14+/t15-,19-/m1/s1. The lowest BCUT2D eigenvalue weighted by Gasteiger charge is -2.49. The van der Waals surface area contributed by atoms with E-state index in [-0.39, 0.29) is 29.4 Å². The predicted molar refractivity (Wildman–Crippen MR) is 134 cm³/mol. The second-order valence-corrected chi connectivity index (χ2v) is 10.2. The summed E-state index contributed by atoms with van der Waals surface area (Å²) < 4.78 is 10.2. The molecule has 0 unspecified atom stereocenters. The number of aliphatic carboxylic acids is 1. The van der Waals surface area contributed by atoms with Crippen molar-refractivity contribution in [2.45, 2.75) is 37.8 Å². The molecule has 1 saturated heterocycles. The topological polar surface area (TPSA) is 197 Å². The Kier molecular flexibility index (Phi) is 8.68. The van der Waals surface area contributed by atoms with E-state index in [0.717, 1.165) is 9.80 Å². The van der Waals surface area contributed by atoms with E-state index in [9.17, 15) is 33.9 Å². The lowest BCUT2D eigenvalue weighted by atomic mass is 10.0. The zero-order chi connectivity index (χ0) is 29.1. The number of amides is 5. The fraction of sp³-hybridized carbons (Fsp3) is 0.435. The normalized spacial score (nSPS) is 18.9. The van der Waals surface area contributed by atoms with E-state index < -0.39 is 58.4 Å². The lowest BCUT2D eigenvalue weighted by Crippen LogP contribution is -2.71. The molecule has 39 heavy (non-hydrogen) atoms. The molecule has 2 aliphatic rings. The number of hydrogen-bond donors (Lipinski definition) is 3. The van der Waals surface area contributed by atoms with Crippen LogP contribution in [0.4, 0.5) is 4.79 Å². The number of β-lactam (4-membered cyclic amide) rings is 1. The van der Waals surface area contributed by atoms with Crippen LogP contribution >= 0.6 is 11.8 Å². The second kappa shape index (κ2) is 11.6. The average molecular weight is 566 g/mol. The first kappa shape index (κ1) is 29.2. The van der Waals surface area contributed by atoms with Crippen LogP contribution in [0.15, 0.2) is 39.2 Å². The third kappa shape index (κ3) is 6.39. The Balaban J connectivity index is 1.78. The van der Waals surface area contributed by atoms with E-state index in [0.29, 0.717) is 0 Å². The van der Waals surface area contributed by atoms with Gasteiger partial charge < -0.3 is 29.3 Å². The lowest BCUT2D eigenvalue weighted by molar-refractivity contribution is -0.150. The number of urea groups is 1. The molecule has 2 atom stereocenters. The predicted octanol–water partition coefficient (Wildman–Crippen LogP) is -0.122. The number of carbonyl (C=O) groups excluding carboxylic acids is 5. The maximum Gasteiger partial charge on any atom is 0.352 e. The number of rotatable bonds is 9. The monoisotopic (exact) mass is 565 g/mol. The number of ether oxygens (including phenoxy) is 1. The van der Waals surface area contributed by atoms with Gasteiger partial charge in [0.25, 0.3) is 17.7 Å². The van der Waals surface area contributed by atoms with Gasteiger partial charge in [0.15, 0.2) is 5.76 Å². The van der Waals surface area contributed by atoms with E-state index in [2.05, 4.69) is 15.8 Å². The minimum Gasteiger partial charge on any atom is -0.477 e. The highest BCUT2D eigenvalue weighted by Crippen LogP contribution is 2.40. The number of nitrogens with one attached hydrogen (secondary N) is 2. The van der Waals surface area contributed by atoms with Gasteiger partial charge in [0.2, 0.25) is 11.3 Å². The van der Waals surface area contributed by atoms with Gasteiger partial charge >= 0.3 is 18.0 Å². The number of nitrogens with zero attached hydrogens (tertiary/aromatic N) is 3. The van der Waals surface area contributed by atoms with Gasteiger partial charge in [-0.25, -0.2) is 9.59 Å². The number of fused-ring (bicyclic) bond motifs is 1. The third-order valence-electron chi connectivity index (χ3n) is 5.49. The molecule has 0 aromatic carbocycles. The highest BCUT2D eigenvalue weighted by molar-refractivity contribution is 8.00. The molecule has 0 radical (unpaired) electrons. The van der Waals surface area contributed by atoms with Crippen LogP contribution in [0.3, 0.4) is 0 Å². The highest BCUT2D eigenvalue weighted by Gasteiger charge is 2.54. The summed E-state index contributed by atoms with van der Waals surface area (Å²) in [6.07, 6.45) is 1.27. The molecule has 15 nitrogen and oxygen atoms in total. The van der Waals surface area contributed by atoms with Gasteiger partial charge in [-0.15, -0.1) is 11.8 Å². The van der Waals surface area contributed by atoms with Crippen molar-refractivity contribution in [3.8, 4) is 0 Å². The van der Waals surface area contributed by atoms with Crippen LogP contribution in [-0.2, 0) is 33.5 Å². The van der Waals surface area contributed by atoms with Crippen molar-refractivity contribution in [1.29, 1.82) is 0 Å². The van der Waals surface area contributed by atoms with Crippen LogP contribution < -0.4 is 10.6 Å². The van der Waals surface area contributed by atoms with E-state index in [1.807, 2.05) is 0 Å². The van der Waals surface area contributed by atoms with Crippen LogP contribution in [-0.4, -0.2) is 99.8 Å². The summed E-state index contributed by atoms with van der Waals surface area (Å²) in [4.78, 5) is 80.9. The van der Waals surface area contributed by atoms with Crippen LogP contribution in [0.1, 0.15) is 26.5 Å². The van der Waals surface area contributed by atoms with Gasteiger partial charge in [-0.2, -0.15) is 0 Å². The van der Waals surface area contributed by atoms with Gasteiger partial charge in [-0.05, 0) is 26.0 Å². The minimum atomic E-state index is -1.69. The maximum absolute atomic E-state index is 13.2. The minimum absolute atomic E-state index is 0.0391. The summed E-state index contributed by atoms with van der Waals surface area (Å²) in [6, 6.07) is 1.09. The van der Waals surface area contributed by atoms with Crippen LogP contribution in [0, 0.1) is 0 Å². The number of oxime groups is 1. The molecule has 0 bridgehead atoms. The Morgan fingerprint density at radius 2 is 1.97 bits per heavy atom. The zero-order valence-corrected chi connectivity index (χ0v) is 22.5. The maximum atomic E-state index is 13.2. The summed E-state index contributed by atoms with van der Waals surface area (Å²) in [6.45, 7) is 3.55. The van der Waals surface area contributed by atoms with Gasteiger partial charge in [0, 0.05) is 32.3 Å². The van der Waals surface area contributed by atoms with Crippen LogP contribution in [0.25, 0.3) is 0 Å². The van der Waals surface area contributed by atoms with Gasteiger partial charge in [-0.3, -0.25) is 29.4 Å². The number of thioether (sulfide) groups is 1. The number of imide groups is 1. The van der Waals surface area contributed by atoms with E-state index in [4.69, 9.17) is 14.0 Å². The number of carboxylic acids is 1. The summed E-state index contributed by atoms with van der Waals surface area (Å²) in [5.74, 6) is -4.28. The fourth-order valence-corrected chi connectivity index (χ4v) is 4.69. The van der Waals surface area contributed by atoms with Crippen molar-refractivity contribution in [1.82, 2.24) is 20.4 Å².